The standard InChI is InChI=1S/C45H54N8O5/c1-22(2)39(48-24(5)54)43(55)52-35-16-29(35)18-37(52)41-46-20-33(49-41)26-12-10-25(11-13-26)32-15-28(14-27-8-7-9-31(27)32)34-21-47-42(50-34)38-19-30-17-36(30)53(38)44(56)40(23(3)4)51-45(57)58-6/h10-15,20-23,29-30,35-40H,7-9,16-19H2,1-6H3,(H,46,49)(H,47,50)(H,48,54)(H,51,57)/t29-,30-,35-,36-,37?,38+,39+,40+/m1/s1. The van der Waals surface area contributed by atoms with E-state index in [1.54, 1.807) is 0 Å². The largest absolute Gasteiger partial charge is 0.453 e. The van der Waals surface area contributed by atoms with Gasteiger partial charge in [-0.05, 0) is 109 Å². The molecule has 5 aliphatic rings. The van der Waals surface area contributed by atoms with Crippen LogP contribution in [-0.4, -0.2) is 84.8 Å². The van der Waals surface area contributed by atoms with E-state index >= 15 is 0 Å². The van der Waals surface area contributed by atoms with Gasteiger partial charge >= 0.3 is 6.09 Å². The number of aromatic nitrogens is 4. The van der Waals surface area contributed by atoms with Gasteiger partial charge in [-0.3, -0.25) is 14.4 Å². The lowest BCUT2D eigenvalue weighted by molar-refractivity contribution is -0.139. The molecular weight excluding hydrogens is 733 g/mol. The van der Waals surface area contributed by atoms with Gasteiger partial charge in [0.1, 0.15) is 23.7 Å². The topological polar surface area (TPSA) is 165 Å². The van der Waals surface area contributed by atoms with Gasteiger partial charge in [-0.15, -0.1) is 0 Å². The SMILES string of the molecule is COC(=O)N[C@H](C(=O)N1[C@@H]2C[C@@H]2C[C@H]1c1ncc(-c2cc3c(c(-c4ccc(-c5cnc(C6C[C@H]7C[C@H]7N6C(=O)[C@@H](NC(C)=O)C(C)C)[nH]5)cc4)c2)CCC3)[nH]1)C(C)C. The van der Waals surface area contributed by atoms with Gasteiger partial charge < -0.3 is 35.1 Å². The summed E-state index contributed by atoms with van der Waals surface area (Å²) in [5, 5.41) is 5.65. The van der Waals surface area contributed by atoms with Gasteiger partial charge in [-0.1, -0.05) is 52.0 Å². The number of carbonyl (C=O) groups is 4. The van der Waals surface area contributed by atoms with E-state index < -0.39 is 18.2 Å². The van der Waals surface area contributed by atoms with Crippen LogP contribution < -0.4 is 10.6 Å². The second-order valence-electron chi connectivity index (χ2n) is 17.9. The summed E-state index contributed by atoms with van der Waals surface area (Å²) < 4.78 is 4.83. The van der Waals surface area contributed by atoms with E-state index in [1.165, 1.54) is 30.7 Å². The van der Waals surface area contributed by atoms with Crippen molar-refractivity contribution in [2.24, 2.45) is 23.7 Å². The molecule has 2 aromatic heterocycles. The number of nitrogens with one attached hydrogen (secondary N) is 4. The Labute approximate surface area is 339 Å². The molecule has 4 amide bonds. The van der Waals surface area contributed by atoms with Gasteiger partial charge in [0, 0.05) is 24.6 Å². The number of alkyl carbamates (subject to hydrolysis) is 1. The Morgan fingerprint density at radius 1 is 0.724 bits per heavy atom. The molecule has 2 aliphatic heterocycles. The lowest BCUT2D eigenvalue weighted by Crippen LogP contribution is -2.52. The second kappa shape index (κ2) is 14.7. The molecule has 2 aromatic carbocycles. The Kier molecular flexibility index (Phi) is 9.67. The molecule has 13 nitrogen and oxygen atoms in total. The summed E-state index contributed by atoms with van der Waals surface area (Å²) in [6, 6.07) is 12.0. The minimum Gasteiger partial charge on any atom is -0.453 e. The third-order valence-corrected chi connectivity index (χ3v) is 13.3. The Hall–Kier alpha value is -5.46. The van der Waals surface area contributed by atoms with Gasteiger partial charge in [0.2, 0.25) is 17.7 Å². The van der Waals surface area contributed by atoms with Crippen molar-refractivity contribution in [2.45, 2.75) is 116 Å². The number of aryl methyl sites for hydroxylation is 1. The van der Waals surface area contributed by atoms with Crippen LogP contribution in [0, 0.1) is 23.7 Å². The highest BCUT2D eigenvalue weighted by Crippen LogP contribution is 2.54. The third kappa shape index (κ3) is 6.85. The first kappa shape index (κ1) is 38.1. The van der Waals surface area contributed by atoms with E-state index in [2.05, 4.69) is 57.0 Å². The second-order valence-corrected chi connectivity index (χ2v) is 17.9. The highest BCUT2D eigenvalue weighted by Gasteiger charge is 2.57. The molecule has 1 unspecified atom stereocenters. The van der Waals surface area contributed by atoms with Crippen molar-refractivity contribution < 1.29 is 23.9 Å². The van der Waals surface area contributed by atoms with Gasteiger partial charge in [-0.25, -0.2) is 14.8 Å². The van der Waals surface area contributed by atoms with Crippen molar-refractivity contribution in [3.8, 4) is 33.6 Å². The van der Waals surface area contributed by atoms with Crippen molar-refractivity contribution in [2.75, 3.05) is 7.11 Å². The molecule has 2 saturated carbocycles. The van der Waals surface area contributed by atoms with Crippen LogP contribution in [0.5, 0.6) is 0 Å². The van der Waals surface area contributed by atoms with Crippen LogP contribution >= 0.6 is 0 Å². The minimum absolute atomic E-state index is 0.0214. The summed E-state index contributed by atoms with van der Waals surface area (Å²) in [5.74, 6) is 2.05. The molecule has 9 rings (SSSR count). The molecule has 4 aromatic rings. The first-order chi connectivity index (χ1) is 27.9. The number of carbonyl (C=O) groups excluding carboxylic acids is 4. The third-order valence-electron chi connectivity index (χ3n) is 13.3. The number of hydrogen-bond acceptors (Lipinski definition) is 7. The van der Waals surface area contributed by atoms with Gasteiger partial charge in [0.25, 0.3) is 0 Å². The van der Waals surface area contributed by atoms with Crippen molar-refractivity contribution >= 4 is 23.8 Å². The number of methoxy groups -OCH3 is 1. The minimum atomic E-state index is -0.677. The number of ether oxygens (including phenoxy) is 1. The first-order valence-electron chi connectivity index (χ1n) is 21.0. The van der Waals surface area contributed by atoms with Crippen LogP contribution in [0.25, 0.3) is 33.6 Å². The molecule has 0 radical (unpaired) electrons. The van der Waals surface area contributed by atoms with E-state index in [9.17, 15) is 19.2 Å². The molecule has 304 valence electrons. The molecule has 3 aliphatic carbocycles. The molecule has 58 heavy (non-hydrogen) atoms. The monoisotopic (exact) mass is 786 g/mol. The van der Waals surface area contributed by atoms with E-state index in [0.29, 0.717) is 11.8 Å². The molecule has 4 N–H and O–H groups in total. The summed E-state index contributed by atoms with van der Waals surface area (Å²) >= 11 is 0. The molecule has 2 saturated heterocycles. The maximum absolute atomic E-state index is 13.9. The molecule has 8 atom stereocenters. The van der Waals surface area contributed by atoms with Crippen molar-refractivity contribution in [3.05, 3.63) is 71.6 Å². The number of benzene rings is 2. The highest BCUT2D eigenvalue weighted by molar-refractivity contribution is 5.89. The lowest BCUT2D eigenvalue weighted by Gasteiger charge is -2.32. The number of rotatable bonds is 11. The number of hydrogen-bond donors (Lipinski definition) is 4. The van der Waals surface area contributed by atoms with Crippen LogP contribution in [-0.2, 0) is 32.0 Å². The number of piperidine rings is 2. The quantitative estimate of drug-likeness (QED) is 0.135. The molecule has 0 spiro atoms. The fourth-order valence-electron chi connectivity index (χ4n) is 10.0. The van der Waals surface area contributed by atoms with E-state index in [0.717, 1.165) is 84.7 Å². The number of fused-ring (bicyclic) bond motifs is 3. The number of nitrogens with zero attached hydrogens (tertiary/aromatic N) is 4. The van der Waals surface area contributed by atoms with E-state index in [-0.39, 0.29) is 53.7 Å². The van der Waals surface area contributed by atoms with Crippen LogP contribution in [0.1, 0.15) is 102 Å². The van der Waals surface area contributed by atoms with E-state index in [4.69, 9.17) is 14.7 Å². The summed E-state index contributed by atoms with van der Waals surface area (Å²) in [7, 11) is 1.31. The summed E-state index contributed by atoms with van der Waals surface area (Å²) in [6.45, 7) is 9.26. The van der Waals surface area contributed by atoms with Crippen LogP contribution in [0.2, 0.25) is 0 Å². The fraction of sp³-hybridized carbons (Fsp3) is 0.511. The van der Waals surface area contributed by atoms with Crippen LogP contribution in [0.4, 0.5) is 4.79 Å². The maximum atomic E-state index is 13.9. The molecule has 4 heterocycles. The predicted octanol–water partition coefficient (Wildman–Crippen LogP) is 6.49. The average molecular weight is 787 g/mol. The van der Waals surface area contributed by atoms with Crippen molar-refractivity contribution in [1.29, 1.82) is 0 Å². The first-order valence-corrected chi connectivity index (χ1v) is 21.0. The number of amides is 4. The van der Waals surface area contributed by atoms with Gasteiger partial charge in [0.15, 0.2) is 0 Å². The number of H-pyrrole nitrogens is 2. The average Bonchev–Trinajstić information content (AvgIpc) is 3.69. The fourth-order valence-corrected chi connectivity index (χ4v) is 10.0. The number of imidazole rings is 2. The van der Waals surface area contributed by atoms with Crippen LogP contribution in [0.15, 0.2) is 48.8 Å². The molecular formula is C45H54N8O5. The summed E-state index contributed by atoms with van der Waals surface area (Å²) in [5.41, 5.74) is 8.99. The zero-order valence-electron chi connectivity index (χ0n) is 34.2. The van der Waals surface area contributed by atoms with Crippen LogP contribution in [0.3, 0.4) is 0 Å². The molecule has 4 fully saturated rings. The maximum Gasteiger partial charge on any atom is 0.407 e. The van der Waals surface area contributed by atoms with Crippen molar-refractivity contribution in [3.63, 3.8) is 0 Å². The van der Waals surface area contributed by atoms with Crippen molar-refractivity contribution in [1.82, 2.24) is 40.4 Å². The van der Waals surface area contributed by atoms with Gasteiger partial charge in [-0.2, -0.15) is 0 Å². The molecule has 13 heteroatoms. The zero-order chi connectivity index (χ0) is 40.6. The number of aromatic amines is 2. The zero-order valence-corrected chi connectivity index (χ0v) is 34.2. The van der Waals surface area contributed by atoms with E-state index in [1.807, 2.05) is 49.9 Å². The Morgan fingerprint density at radius 3 is 1.79 bits per heavy atom. The number of likely N-dealkylation sites (tertiary alicyclic amines) is 2. The predicted molar refractivity (Wildman–Crippen MR) is 218 cm³/mol. The van der Waals surface area contributed by atoms with Gasteiger partial charge in [0.05, 0.1) is 43.0 Å². The molecule has 0 bridgehead atoms. The Balaban J connectivity index is 0.943. The Morgan fingerprint density at radius 2 is 1.26 bits per heavy atom. The summed E-state index contributed by atoms with van der Waals surface area (Å²) in [6.07, 6.45) is 10.0. The smallest absolute Gasteiger partial charge is 0.407 e. The highest BCUT2D eigenvalue weighted by atomic mass is 16.5. The normalized spacial score (nSPS) is 25.0. The Bertz CT molecular complexity index is 2260. The lowest BCUT2D eigenvalue weighted by atomic mass is 9.93. The summed E-state index contributed by atoms with van der Waals surface area (Å²) in [4.78, 5) is 72.6.